The Morgan fingerprint density at radius 2 is 2.19 bits per heavy atom. The Morgan fingerprint density at radius 1 is 1.48 bits per heavy atom. The molecule has 2 N–H and O–H groups in total. The molecule has 0 radical (unpaired) electrons. The predicted molar refractivity (Wildman–Crippen MR) is 89.0 cm³/mol. The molecule has 1 aromatic rings. The van der Waals surface area contributed by atoms with Gasteiger partial charge in [-0.3, -0.25) is 4.90 Å². The van der Waals surface area contributed by atoms with E-state index in [2.05, 4.69) is 32.7 Å². The second kappa shape index (κ2) is 7.82. The first-order chi connectivity index (χ1) is 10.2. The zero-order chi connectivity index (χ0) is 15.2. The number of phenols is 1. The van der Waals surface area contributed by atoms with Crippen LogP contribution in [0.4, 0.5) is 0 Å². The molecule has 1 heterocycles. The zero-order valence-corrected chi connectivity index (χ0v) is 14.0. The van der Waals surface area contributed by atoms with Gasteiger partial charge in [-0.15, -0.1) is 6.58 Å². The molecule has 1 aliphatic heterocycles. The molecule has 4 nitrogen and oxygen atoms in total. The van der Waals surface area contributed by atoms with Gasteiger partial charge in [-0.05, 0) is 40.9 Å². The Labute approximate surface area is 134 Å². The highest BCUT2D eigenvalue weighted by atomic mass is 79.9. The maximum Gasteiger partial charge on any atom is 0.134 e. The number of piperazine rings is 1. The number of benzene rings is 1. The van der Waals surface area contributed by atoms with E-state index in [0.29, 0.717) is 10.2 Å². The molecule has 1 aliphatic rings. The largest absolute Gasteiger partial charge is 0.506 e. The van der Waals surface area contributed by atoms with Crippen LogP contribution in [-0.4, -0.2) is 43.3 Å². The lowest BCUT2D eigenvalue weighted by Gasteiger charge is -2.35. The van der Waals surface area contributed by atoms with Gasteiger partial charge in [0.05, 0.1) is 11.6 Å². The van der Waals surface area contributed by atoms with Crippen molar-refractivity contribution in [1.82, 2.24) is 10.2 Å². The third-order valence-electron chi connectivity index (χ3n) is 3.90. The van der Waals surface area contributed by atoms with E-state index in [0.717, 1.165) is 50.3 Å². The summed E-state index contributed by atoms with van der Waals surface area (Å²) in [5.74, 6) is 1.07. The first-order valence-electron chi connectivity index (χ1n) is 7.29. The van der Waals surface area contributed by atoms with Crippen LogP contribution in [0, 0.1) is 0 Å². The van der Waals surface area contributed by atoms with Crippen LogP contribution >= 0.6 is 15.9 Å². The van der Waals surface area contributed by atoms with Gasteiger partial charge in [0.15, 0.2) is 0 Å². The minimum atomic E-state index is 0.177. The van der Waals surface area contributed by atoms with Crippen molar-refractivity contribution < 1.29 is 9.84 Å². The van der Waals surface area contributed by atoms with Gasteiger partial charge < -0.3 is 15.2 Å². The van der Waals surface area contributed by atoms with Crippen molar-refractivity contribution >= 4 is 15.9 Å². The summed E-state index contributed by atoms with van der Waals surface area (Å²) < 4.78 is 6.02. The minimum Gasteiger partial charge on any atom is -0.506 e. The second-order valence-electron chi connectivity index (χ2n) is 5.21. The summed E-state index contributed by atoms with van der Waals surface area (Å²) in [7, 11) is 1.65. The molecule has 0 aromatic heterocycles. The molecule has 1 saturated heterocycles. The number of ether oxygens (including phenoxy) is 1. The van der Waals surface area contributed by atoms with Gasteiger partial charge in [-0.2, -0.15) is 0 Å². The van der Waals surface area contributed by atoms with Crippen molar-refractivity contribution in [1.29, 1.82) is 0 Å². The Balaban J connectivity index is 2.34. The molecule has 0 amide bonds. The highest BCUT2D eigenvalue weighted by Gasteiger charge is 2.25. The van der Waals surface area contributed by atoms with Crippen LogP contribution in [0.5, 0.6) is 11.5 Å². The molecular formula is C16H23BrN2O2. The average molecular weight is 355 g/mol. The molecule has 21 heavy (non-hydrogen) atoms. The Hall–Kier alpha value is -1.04. The minimum absolute atomic E-state index is 0.177. The van der Waals surface area contributed by atoms with Gasteiger partial charge in [0.2, 0.25) is 0 Å². The second-order valence-corrected chi connectivity index (χ2v) is 6.07. The van der Waals surface area contributed by atoms with Crippen molar-refractivity contribution in [2.24, 2.45) is 0 Å². The summed E-state index contributed by atoms with van der Waals surface area (Å²) >= 11 is 3.42. The number of nitrogens with zero attached hydrogens (tertiary/aromatic N) is 1. The molecule has 0 spiro atoms. The highest BCUT2D eigenvalue weighted by Crippen LogP contribution is 2.40. The summed E-state index contributed by atoms with van der Waals surface area (Å²) in [6.45, 7) is 7.75. The van der Waals surface area contributed by atoms with Crippen LogP contribution < -0.4 is 10.1 Å². The maximum absolute atomic E-state index is 10.4. The summed E-state index contributed by atoms with van der Waals surface area (Å²) in [4.78, 5) is 2.42. The van der Waals surface area contributed by atoms with Gasteiger partial charge >= 0.3 is 0 Å². The first-order valence-corrected chi connectivity index (χ1v) is 8.08. The van der Waals surface area contributed by atoms with Crippen LogP contribution in [0.1, 0.15) is 24.4 Å². The smallest absolute Gasteiger partial charge is 0.134 e. The zero-order valence-electron chi connectivity index (χ0n) is 12.4. The molecule has 1 aromatic carbocycles. The van der Waals surface area contributed by atoms with E-state index in [1.165, 1.54) is 0 Å². The predicted octanol–water partition coefficient (Wildman–Crippen LogP) is 3.08. The number of allylic oxidation sites excluding steroid dienone is 1. The van der Waals surface area contributed by atoms with Crippen molar-refractivity contribution in [2.45, 2.75) is 18.9 Å². The number of aromatic hydroxyl groups is 1. The summed E-state index contributed by atoms with van der Waals surface area (Å²) in [6.07, 6.45) is 3.79. The van der Waals surface area contributed by atoms with E-state index < -0.39 is 0 Å². The number of rotatable bonds is 6. The van der Waals surface area contributed by atoms with Crippen LogP contribution in [0.15, 0.2) is 29.3 Å². The van der Waals surface area contributed by atoms with E-state index in [-0.39, 0.29) is 6.04 Å². The normalized spacial score (nSPS) is 17.4. The van der Waals surface area contributed by atoms with Crippen LogP contribution in [-0.2, 0) is 0 Å². The summed E-state index contributed by atoms with van der Waals surface area (Å²) in [5, 5.41) is 13.8. The average Bonchev–Trinajstić information content (AvgIpc) is 2.52. The third-order valence-corrected chi connectivity index (χ3v) is 4.50. The topological polar surface area (TPSA) is 44.7 Å². The highest BCUT2D eigenvalue weighted by molar-refractivity contribution is 9.10. The van der Waals surface area contributed by atoms with Crippen molar-refractivity contribution in [3.63, 3.8) is 0 Å². The Morgan fingerprint density at radius 3 is 2.81 bits per heavy atom. The van der Waals surface area contributed by atoms with Gasteiger partial charge in [0.25, 0.3) is 0 Å². The first kappa shape index (κ1) is 16.3. The van der Waals surface area contributed by atoms with E-state index in [4.69, 9.17) is 4.74 Å². The molecule has 1 fully saturated rings. The lowest BCUT2D eigenvalue weighted by molar-refractivity contribution is 0.163. The van der Waals surface area contributed by atoms with Gasteiger partial charge in [0, 0.05) is 37.8 Å². The molecular weight excluding hydrogens is 332 g/mol. The lowest BCUT2D eigenvalue weighted by atomic mass is 9.98. The molecule has 2 rings (SSSR count). The van der Waals surface area contributed by atoms with Gasteiger partial charge in [-0.1, -0.05) is 6.08 Å². The Bertz CT molecular complexity index is 487. The fourth-order valence-electron chi connectivity index (χ4n) is 2.77. The molecule has 0 saturated carbocycles. The number of phenolic OH excluding ortho intramolecular Hbond substituents is 1. The summed E-state index contributed by atoms with van der Waals surface area (Å²) in [6, 6.07) is 3.91. The van der Waals surface area contributed by atoms with Gasteiger partial charge in [-0.25, -0.2) is 0 Å². The molecule has 116 valence electrons. The molecule has 0 unspecified atom stereocenters. The van der Waals surface area contributed by atoms with E-state index in [1.807, 2.05) is 12.1 Å². The van der Waals surface area contributed by atoms with Gasteiger partial charge in [0.1, 0.15) is 11.5 Å². The number of methoxy groups -OCH3 is 1. The van der Waals surface area contributed by atoms with Crippen molar-refractivity contribution in [3.05, 3.63) is 34.8 Å². The van der Waals surface area contributed by atoms with E-state index >= 15 is 0 Å². The fourth-order valence-corrected chi connectivity index (χ4v) is 3.23. The number of nitrogens with one attached hydrogen (secondary N) is 1. The number of hydrogen-bond donors (Lipinski definition) is 2. The van der Waals surface area contributed by atoms with Crippen LogP contribution in [0.3, 0.4) is 0 Å². The maximum atomic E-state index is 10.4. The fraction of sp³-hybridized carbons (Fsp3) is 0.500. The Kier molecular flexibility index (Phi) is 6.08. The molecule has 5 heteroatoms. The van der Waals surface area contributed by atoms with Crippen molar-refractivity contribution in [3.8, 4) is 11.5 Å². The monoisotopic (exact) mass is 354 g/mol. The lowest BCUT2D eigenvalue weighted by Crippen LogP contribution is -2.45. The van der Waals surface area contributed by atoms with Crippen LogP contribution in [0.2, 0.25) is 0 Å². The van der Waals surface area contributed by atoms with Crippen molar-refractivity contribution in [2.75, 3.05) is 33.3 Å². The summed E-state index contributed by atoms with van der Waals surface area (Å²) in [5.41, 5.74) is 0.921. The molecule has 0 bridgehead atoms. The number of hydrogen-bond acceptors (Lipinski definition) is 4. The quantitative estimate of drug-likeness (QED) is 0.770. The number of halogens is 1. The SMILES string of the molecule is C=CCC[C@H](c1cc(OC)cc(Br)c1O)N1CCNCC1. The molecule has 0 aliphatic carbocycles. The standard InChI is InChI=1S/C16H23BrN2O2/c1-3-4-5-15(19-8-6-18-7-9-19)13-10-12(21-2)11-14(17)16(13)20/h3,10-11,15,18,20H,1,4-9H2,2H3/t15-/m1/s1. The van der Waals surface area contributed by atoms with E-state index in [1.54, 1.807) is 13.2 Å². The third kappa shape index (κ3) is 3.99. The van der Waals surface area contributed by atoms with E-state index in [9.17, 15) is 5.11 Å². The van der Waals surface area contributed by atoms with Crippen LogP contribution in [0.25, 0.3) is 0 Å². The molecule has 1 atom stereocenters.